The number of Topliss-reactive ketones (excluding diaryl/α,β-unsaturated/α-hetero) is 2. The Kier molecular flexibility index (Phi) is 7.66. The molecule has 0 spiro atoms. The fourth-order valence-corrected chi connectivity index (χ4v) is 5.61. The van der Waals surface area contributed by atoms with Crippen molar-refractivity contribution in [2.75, 3.05) is 45.9 Å². The Balaban J connectivity index is 1.07. The van der Waals surface area contributed by atoms with Crippen molar-refractivity contribution in [2.24, 2.45) is 5.92 Å². The molecule has 0 bridgehead atoms. The number of carbonyl (C=O) groups excluding carboxylic acids is 2. The molecule has 6 heteroatoms. The van der Waals surface area contributed by atoms with Crippen LogP contribution in [0.4, 0.5) is 0 Å². The molecular formula is C32H38N2O4. The molecule has 0 radical (unpaired) electrons. The molecule has 0 amide bonds. The monoisotopic (exact) mass is 514 g/mol. The van der Waals surface area contributed by atoms with E-state index in [1.54, 1.807) is 0 Å². The minimum atomic E-state index is -0.607. The van der Waals surface area contributed by atoms with Crippen molar-refractivity contribution in [2.45, 2.75) is 38.7 Å². The van der Waals surface area contributed by atoms with E-state index in [-0.39, 0.29) is 23.6 Å². The normalized spacial score (nSPS) is 18.2. The molecule has 6 nitrogen and oxygen atoms in total. The fraction of sp³-hybridized carbons (Fsp3) is 0.438. The van der Waals surface area contributed by atoms with Crippen LogP contribution < -0.4 is 4.74 Å². The SMILES string of the molecule is CC(C)(C)c1ccc(OCC(O)CN2CCN(CCC3C(=O)c4cccc5cccc(c45)C3=O)CC2)cc1. The van der Waals surface area contributed by atoms with E-state index in [2.05, 4.69) is 42.7 Å². The molecule has 5 rings (SSSR count). The van der Waals surface area contributed by atoms with E-state index < -0.39 is 12.0 Å². The highest BCUT2D eigenvalue weighted by Gasteiger charge is 2.35. The summed E-state index contributed by atoms with van der Waals surface area (Å²) in [5.41, 5.74) is 2.70. The summed E-state index contributed by atoms with van der Waals surface area (Å²) in [6.45, 7) is 11.5. The maximum Gasteiger partial charge on any atom is 0.174 e. The third kappa shape index (κ3) is 5.68. The average Bonchev–Trinajstić information content (AvgIpc) is 2.91. The summed E-state index contributed by atoms with van der Waals surface area (Å²) < 4.78 is 5.82. The summed E-state index contributed by atoms with van der Waals surface area (Å²) in [5, 5.41) is 12.3. The molecule has 1 N–H and O–H groups in total. The van der Waals surface area contributed by atoms with Crippen molar-refractivity contribution in [3.8, 4) is 5.75 Å². The van der Waals surface area contributed by atoms with Crippen molar-refractivity contribution in [1.82, 2.24) is 9.80 Å². The second-order valence-corrected chi connectivity index (χ2v) is 11.7. The Bertz CT molecular complexity index is 1250. The fourth-order valence-electron chi connectivity index (χ4n) is 5.61. The van der Waals surface area contributed by atoms with Gasteiger partial charge < -0.3 is 14.7 Å². The van der Waals surface area contributed by atoms with E-state index in [1.807, 2.05) is 48.5 Å². The molecule has 1 aliphatic heterocycles. The highest BCUT2D eigenvalue weighted by atomic mass is 16.5. The van der Waals surface area contributed by atoms with Gasteiger partial charge in [0.15, 0.2) is 11.6 Å². The molecule has 1 unspecified atom stereocenters. The third-order valence-corrected chi connectivity index (χ3v) is 7.90. The lowest BCUT2D eigenvalue weighted by Crippen LogP contribution is -2.49. The maximum absolute atomic E-state index is 13.2. The lowest BCUT2D eigenvalue weighted by Gasteiger charge is -2.36. The van der Waals surface area contributed by atoms with Crippen LogP contribution in [0.1, 0.15) is 53.5 Å². The van der Waals surface area contributed by atoms with Gasteiger partial charge in [-0.25, -0.2) is 0 Å². The van der Waals surface area contributed by atoms with Gasteiger partial charge in [-0.1, -0.05) is 69.3 Å². The van der Waals surface area contributed by atoms with Crippen LogP contribution in [0, 0.1) is 5.92 Å². The number of rotatable bonds is 8. The molecule has 38 heavy (non-hydrogen) atoms. The van der Waals surface area contributed by atoms with Gasteiger partial charge in [-0.15, -0.1) is 0 Å². The van der Waals surface area contributed by atoms with Crippen LogP contribution >= 0.6 is 0 Å². The van der Waals surface area contributed by atoms with Gasteiger partial charge in [0.2, 0.25) is 0 Å². The number of ether oxygens (including phenoxy) is 1. The number of aliphatic hydroxyl groups excluding tert-OH is 1. The number of ketones is 2. The van der Waals surface area contributed by atoms with Crippen molar-refractivity contribution in [3.05, 3.63) is 77.4 Å². The Hall–Kier alpha value is -3.06. The number of nitrogens with zero attached hydrogens (tertiary/aromatic N) is 2. The van der Waals surface area contributed by atoms with Crippen molar-refractivity contribution < 1.29 is 19.4 Å². The van der Waals surface area contributed by atoms with Gasteiger partial charge in [0, 0.05) is 49.2 Å². The summed E-state index contributed by atoms with van der Waals surface area (Å²) in [5.74, 6) is 0.0701. The highest BCUT2D eigenvalue weighted by Crippen LogP contribution is 2.33. The van der Waals surface area contributed by atoms with Crippen LogP contribution in [-0.4, -0.2) is 78.5 Å². The molecule has 1 saturated heterocycles. The number of benzene rings is 3. The van der Waals surface area contributed by atoms with E-state index in [1.165, 1.54) is 5.56 Å². The van der Waals surface area contributed by atoms with E-state index in [0.29, 0.717) is 30.6 Å². The molecule has 200 valence electrons. The van der Waals surface area contributed by atoms with Crippen molar-refractivity contribution >= 4 is 22.3 Å². The van der Waals surface area contributed by atoms with Gasteiger partial charge in [-0.05, 0) is 41.5 Å². The number of aliphatic hydroxyl groups is 1. The topological polar surface area (TPSA) is 70.1 Å². The lowest BCUT2D eigenvalue weighted by molar-refractivity contribution is 0.0445. The Morgan fingerprint density at radius 3 is 2.03 bits per heavy atom. The molecule has 2 aliphatic rings. The Morgan fingerprint density at radius 1 is 0.868 bits per heavy atom. The number of hydrogen-bond acceptors (Lipinski definition) is 6. The van der Waals surface area contributed by atoms with Crippen LogP contribution in [0.5, 0.6) is 5.75 Å². The van der Waals surface area contributed by atoms with E-state index in [9.17, 15) is 14.7 Å². The zero-order valence-electron chi connectivity index (χ0n) is 22.7. The van der Waals surface area contributed by atoms with Gasteiger partial charge in [-0.3, -0.25) is 14.5 Å². The number of β-amino-alcohol motifs (C(OH)–C–C–N with tert-alkyl or cyclic N) is 1. The largest absolute Gasteiger partial charge is 0.491 e. The average molecular weight is 515 g/mol. The van der Waals surface area contributed by atoms with Crippen LogP contribution in [0.25, 0.3) is 10.8 Å². The minimum absolute atomic E-state index is 0.0471. The highest BCUT2D eigenvalue weighted by molar-refractivity contribution is 6.29. The quantitative estimate of drug-likeness (QED) is 0.444. The van der Waals surface area contributed by atoms with Crippen molar-refractivity contribution in [3.63, 3.8) is 0 Å². The predicted octanol–water partition coefficient (Wildman–Crippen LogP) is 4.58. The summed E-state index contributed by atoms with van der Waals surface area (Å²) in [6.07, 6.45) is -0.0311. The molecule has 1 atom stereocenters. The first kappa shape index (κ1) is 26.5. The lowest BCUT2D eigenvalue weighted by atomic mass is 9.78. The predicted molar refractivity (Wildman–Crippen MR) is 150 cm³/mol. The first-order valence-corrected chi connectivity index (χ1v) is 13.7. The number of hydrogen-bond donors (Lipinski definition) is 1. The molecular weight excluding hydrogens is 476 g/mol. The minimum Gasteiger partial charge on any atom is -0.491 e. The van der Waals surface area contributed by atoms with E-state index in [0.717, 1.165) is 42.7 Å². The summed E-state index contributed by atoms with van der Waals surface area (Å²) in [7, 11) is 0. The van der Waals surface area contributed by atoms with Crippen LogP contribution in [0.2, 0.25) is 0 Å². The Morgan fingerprint density at radius 2 is 1.45 bits per heavy atom. The number of piperazine rings is 1. The second-order valence-electron chi connectivity index (χ2n) is 11.7. The Labute approximate surface area is 225 Å². The van der Waals surface area contributed by atoms with Gasteiger partial charge in [-0.2, -0.15) is 0 Å². The molecule has 1 heterocycles. The summed E-state index contributed by atoms with van der Waals surface area (Å²) in [4.78, 5) is 31.0. The zero-order chi connectivity index (χ0) is 26.9. The van der Waals surface area contributed by atoms with Gasteiger partial charge in [0.25, 0.3) is 0 Å². The van der Waals surface area contributed by atoms with Gasteiger partial charge in [0.05, 0.1) is 5.92 Å². The smallest absolute Gasteiger partial charge is 0.174 e. The zero-order valence-corrected chi connectivity index (χ0v) is 22.7. The van der Waals surface area contributed by atoms with Crippen molar-refractivity contribution in [1.29, 1.82) is 0 Å². The van der Waals surface area contributed by atoms with Gasteiger partial charge >= 0.3 is 0 Å². The van der Waals surface area contributed by atoms with E-state index >= 15 is 0 Å². The van der Waals surface area contributed by atoms with Crippen LogP contribution in [0.15, 0.2) is 60.7 Å². The molecule has 1 aliphatic carbocycles. The first-order chi connectivity index (χ1) is 18.2. The maximum atomic E-state index is 13.2. The number of carbonyl (C=O) groups is 2. The third-order valence-electron chi connectivity index (χ3n) is 7.90. The van der Waals surface area contributed by atoms with Crippen LogP contribution in [0.3, 0.4) is 0 Å². The summed E-state index contributed by atoms with van der Waals surface area (Å²) >= 11 is 0. The van der Waals surface area contributed by atoms with E-state index in [4.69, 9.17) is 4.74 Å². The first-order valence-electron chi connectivity index (χ1n) is 13.7. The molecule has 3 aromatic rings. The molecule has 1 fully saturated rings. The standard InChI is InChI=1S/C32H38N2O4/c1-32(2,3)23-10-12-25(13-11-23)38-21-24(35)20-34-18-16-33(17-19-34)15-14-28-30(36)26-8-4-6-22-7-5-9-27(29(22)26)31(28)37/h4-13,24,28,35H,14-21H2,1-3H3. The second kappa shape index (κ2) is 11.0. The molecule has 0 saturated carbocycles. The molecule has 3 aromatic carbocycles. The molecule has 0 aromatic heterocycles. The van der Waals surface area contributed by atoms with Gasteiger partial charge in [0.1, 0.15) is 18.5 Å². The van der Waals surface area contributed by atoms with Crippen LogP contribution in [-0.2, 0) is 5.41 Å². The summed E-state index contributed by atoms with van der Waals surface area (Å²) in [6, 6.07) is 19.5.